The molecule has 0 aromatic heterocycles. The molecule has 0 saturated heterocycles. The van der Waals surface area contributed by atoms with Crippen molar-refractivity contribution in [1.29, 1.82) is 0 Å². The van der Waals surface area contributed by atoms with E-state index in [1.807, 2.05) is 25.3 Å². The molecule has 82 valence electrons. The van der Waals surface area contributed by atoms with Gasteiger partial charge in [0.1, 0.15) is 5.75 Å². The van der Waals surface area contributed by atoms with Crippen LogP contribution in [0.15, 0.2) is 36.9 Å². The average molecular weight is 205 g/mol. The highest BCUT2D eigenvalue weighted by Gasteiger charge is 2.05. The number of ether oxygens (including phenoxy) is 1. The van der Waals surface area contributed by atoms with Gasteiger partial charge in [-0.15, -0.1) is 6.58 Å². The van der Waals surface area contributed by atoms with E-state index in [9.17, 15) is 0 Å². The van der Waals surface area contributed by atoms with Crippen LogP contribution in [0, 0.1) is 0 Å². The number of rotatable bonds is 6. The minimum absolute atomic E-state index is 0.453. The van der Waals surface area contributed by atoms with Crippen molar-refractivity contribution in [3.63, 3.8) is 0 Å². The molecule has 15 heavy (non-hydrogen) atoms. The molecule has 1 rings (SSSR count). The Bertz CT molecular complexity index is 309. The maximum Gasteiger partial charge on any atom is 0.119 e. The van der Waals surface area contributed by atoms with E-state index in [1.165, 1.54) is 5.56 Å². The minimum Gasteiger partial charge on any atom is -0.497 e. The second-order valence-corrected chi connectivity index (χ2v) is 3.57. The van der Waals surface area contributed by atoms with Gasteiger partial charge in [-0.3, -0.25) is 0 Å². The van der Waals surface area contributed by atoms with Gasteiger partial charge >= 0.3 is 0 Å². The van der Waals surface area contributed by atoms with Crippen molar-refractivity contribution >= 4 is 0 Å². The van der Waals surface area contributed by atoms with Gasteiger partial charge in [-0.05, 0) is 37.6 Å². The van der Waals surface area contributed by atoms with Crippen molar-refractivity contribution < 1.29 is 4.74 Å². The lowest BCUT2D eigenvalue weighted by molar-refractivity contribution is 0.414. The molecule has 2 nitrogen and oxygen atoms in total. The highest BCUT2D eigenvalue weighted by molar-refractivity contribution is 5.29. The van der Waals surface area contributed by atoms with Crippen LogP contribution >= 0.6 is 0 Å². The van der Waals surface area contributed by atoms with Crippen molar-refractivity contribution in [1.82, 2.24) is 5.32 Å². The molecule has 1 atom stereocenters. The number of hydrogen-bond donors (Lipinski definition) is 1. The van der Waals surface area contributed by atoms with Crippen LogP contribution in [-0.2, 0) is 6.42 Å². The molecule has 0 fully saturated rings. The number of nitrogens with one attached hydrogen (secondary N) is 1. The van der Waals surface area contributed by atoms with E-state index in [2.05, 4.69) is 24.0 Å². The summed E-state index contributed by atoms with van der Waals surface area (Å²) >= 11 is 0. The molecule has 2 heteroatoms. The van der Waals surface area contributed by atoms with E-state index in [4.69, 9.17) is 4.74 Å². The van der Waals surface area contributed by atoms with Crippen molar-refractivity contribution in [3.8, 4) is 5.75 Å². The van der Waals surface area contributed by atoms with Gasteiger partial charge in [0.15, 0.2) is 0 Å². The third-order valence-corrected chi connectivity index (χ3v) is 2.48. The zero-order valence-electron chi connectivity index (χ0n) is 9.49. The molecule has 0 heterocycles. The Hall–Kier alpha value is -1.28. The fourth-order valence-electron chi connectivity index (χ4n) is 1.59. The lowest BCUT2D eigenvalue weighted by Gasteiger charge is -2.14. The second-order valence-electron chi connectivity index (χ2n) is 3.57. The summed E-state index contributed by atoms with van der Waals surface area (Å²) in [6.07, 6.45) is 3.93. The maximum absolute atomic E-state index is 5.19. The number of hydrogen-bond acceptors (Lipinski definition) is 2. The first kappa shape index (κ1) is 11.8. The Morgan fingerprint density at radius 2 is 2.33 bits per heavy atom. The fourth-order valence-corrected chi connectivity index (χ4v) is 1.59. The van der Waals surface area contributed by atoms with Crippen LogP contribution < -0.4 is 10.1 Å². The standard InChI is InChI=1S/C13H19NO/c1-4-6-12(14-2)9-11-7-5-8-13(10-11)15-3/h4-5,7-8,10,12,14H,1,6,9H2,2-3H3. The molecule has 0 radical (unpaired) electrons. The van der Waals surface area contributed by atoms with E-state index >= 15 is 0 Å². The van der Waals surface area contributed by atoms with E-state index in [-0.39, 0.29) is 0 Å². The first-order chi connectivity index (χ1) is 7.30. The summed E-state index contributed by atoms with van der Waals surface area (Å²) in [6.45, 7) is 3.76. The van der Waals surface area contributed by atoms with Crippen molar-refractivity contribution in [3.05, 3.63) is 42.5 Å². The van der Waals surface area contributed by atoms with Crippen molar-refractivity contribution in [2.24, 2.45) is 0 Å². The summed E-state index contributed by atoms with van der Waals surface area (Å²) in [7, 11) is 3.67. The van der Waals surface area contributed by atoms with Gasteiger partial charge in [0.25, 0.3) is 0 Å². The topological polar surface area (TPSA) is 21.3 Å². The molecule has 0 aliphatic carbocycles. The molecule has 0 amide bonds. The lowest BCUT2D eigenvalue weighted by Crippen LogP contribution is -2.26. The predicted octanol–water partition coefficient (Wildman–Crippen LogP) is 2.40. The summed E-state index contributed by atoms with van der Waals surface area (Å²) < 4.78 is 5.19. The molecule has 1 unspecified atom stereocenters. The van der Waals surface area contributed by atoms with Gasteiger partial charge in [-0.1, -0.05) is 18.2 Å². The zero-order valence-corrected chi connectivity index (χ0v) is 9.49. The van der Waals surface area contributed by atoms with Gasteiger partial charge in [-0.2, -0.15) is 0 Å². The van der Waals surface area contributed by atoms with Crippen LogP contribution in [0.3, 0.4) is 0 Å². The summed E-state index contributed by atoms with van der Waals surface area (Å²) in [5, 5.41) is 3.28. The molecule has 1 aromatic rings. The molecule has 1 N–H and O–H groups in total. The molecule has 1 aromatic carbocycles. The van der Waals surface area contributed by atoms with Gasteiger partial charge < -0.3 is 10.1 Å². The molecular formula is C13H19NO. The number of benzene rings is 1. The van der Waals surface area contributed by atoms with E-state index in [0.717, 1.165) is 18.6 Å². The van der Waals surface area contributed by atoms with Gasteiger partial charge in [0.05, 0.1) is 7.11 Å². The summed E-state index contributed by atoms with van der Waals surface area (Å²) in [4.78, 5) is 0. The van der Waals surface area contributed by atoms with Gasteiger partial charge in [0, 0.05) is 6.04 Å². The minimum atomic E-state index is 0.453. The van der Waals surface area contributed by atoms with E-state index in [0.29, 0.717) is 6.04 Å². The van der Waals surface area contributed by atoms with E-state index in [1.54, 1.807) is 7.11 Å². The van der Waals surface area contributed by atoms with Crippen LogP contribution in [0.1, 0.15) is 12.0 Å². The SMILES string of the molecule is C=CCC(Cc1cccc(OC)c1)NC. The van der Waals surface area contributed by atoms with Crippen molar-refractivity contribution in [2.75, 3.05) is 14.2 Å². The first-order valence-corrected chi connectivity index (χ1v) is 5.21. The largest absolute Gasteiger partial charge is 0.497 e. The Labute approximate surface area is 92.0 Å². The maximum atomic E-state index is 5.19. The normalized spacial score (nSPS) is 12.1. The Morgan fingerprint density at radius 1 is 1.53 bits per heavy atom. The second kappa shape index (κ2) is 6.25. The molecule has 0 aliphatic heterocycles. The Kier molecular flexibility index (Phi) is 4.91. The first-order valence-electron chi connectivity index (χ1n) is 5.21. The zero-order chi connectivity index (χ0) is 11.1. The van der Waals surface area contributed by atoms with Crippen molar-refractivity contribution in [2.45, 2.75) is 18.9 Å². The molecule has 0 aliphatic rings. The third kappa shape index (κ3) is 3.76. The number of likely N-dealkylation sites (N-methyl/N-ethyl adjacent to an activating group) is 1. The van der Waals surface area contributed by atoms with E-state index < -0.39 is 0 Å². The van der Waals surface area contributed by atoms with Crippen LogP contribution in [0.4, 0.5) is 0 Å². The highest BCUT2D eigenvalue weighted by atomic mass is 16.5. The van der Waals surface area contributed by atoms with Crippen LogP contribution in [-0.4, -0.2) is 20.2 Å². The Morgan fingerprint density at radius 3 is 2.93 bits per heavy atom. The van der Waals surface area contributed by atoms with Crippen LogP contribution in [0.25, 0.3) is 0 Å². The number of methoxy groups -OCH3 is 1. The third-order valence-electron chi connectivity index (χ3n) is 2.48. The van der Waals surface area contributed by atoms with Crippen LogP contribution in [0.5, 0.6) is 5.75 Å². The molecule has 0 saturated carbocycles. The average Bonchev–Trinajstić information content (AvgIpc) is 2.29. The molecule has 0 spiro atoms. The monoisotopic (exact) mass is 205 g/mol. The van der Waals surface area contributed by atoms with Gasteiger partial charge in [0.2, 0.25) is 0 Å². The van der Waals surface area contributed by atoms with Crippen LogP contribution in [0.2, 0.25) is 0 Å². The summed E-state index contributed by atoms with van der Waals surface area (Å²) in [6, 6.07) is 8.64. The molecule has 0 bridgehead atoms. The quantitative estimate of drug-likeness (QED) is 0.720. The fraction of sp³-hybridized carbons (Fsp3) is 0.385. The molecular weight excluding hydrogens is 186 g/mol. The summed E-state index contributed by atoms with van der Waals surface area (Å²) in [5.74, 6) is 0.918. The predicted molar refractivity (Wildman–Crippen MR) is 64.4 cm³/mol. The highest BCUT2D eigenvalue weighted by Crippen LogP contribution is 2.14. The van der Waals surface area contributed by atoms with Gasteiger partial charge in [-0.25, -0.2) is 0 Å². The summed E-state index contributed by atoms with van der Waals surface area (Å²) in [5.41, 5.74) is 1.29. The Balaban J connectivity index is 2.65. The lowest BCUT2D eigenvalue weighted by atomic mass is 10.0. The smallest absolute Gasteiger partial charge is 0.119 e.